The van der Waals surface area contributed by atoms with Crippen molar-refractivity contribution in [3.8, 4) is 0 Å². The van der Waals surface area contributed by atoms with Crippen LogP contribution in [0.1, 0.15) is 24.5 Å². The van der Waals surface area contributed by atoms with E-state index in [2.05, 4.69) is 38.9 Å². The number of sulfone groups is 1. The van der Waals surface area contributed by atoms with Gasteiger partial charge < -0.3 is 10.6 Å². The van der Waals surface area contributed by atoms with Gasteiger partial charge in [-0.15, -0.1) is 24.0 Å². The van der Waals surface area contributed by atoms with Crippen molar-refractivity contribution in [2.45, 2.75) is 32.5 Å². The van der Waals surface area contributed by atoms with E-state index in [1.807, 2.05) is 29.9 Å². The molecule has 0 aliphatic rings. The number of hydrogen-bond donors (Lipinski definition) is 2. The lowest BCUT2D eigenvalue weighted by atomic mass is 10.1. The van der Waals surface area contributed by atoms with E-state index < -0.39 is 9.84 Å². The highest BCUT2D eigenvalue weighted by Crippen LogP contribution is 2.07. The molecule has 150 valence electrons. The summed E-state index contributed by atoms with van der Waals surface area (Å²) in [6.45, 7) is 3.31. The number of aromatic nitrogens is 2. The topological polar surface area (TPSA) is 88.4 Å². The van der Waals surface area contributed by atoms with Gasteiger partial charge in [-0.25, -0.2) is 8.42 Å². The molecular weight excluding hydrogens is 477 g/mol. The second-order valence-corrected chi connectivity index (χ2v) is 8.67. The van der Waals surface area contributed by atoms with E-state index in [0.29, 0.717) is 18.9 Å². The Morgan fingerprint density at radius 2 is 2.04 bits per heavy atom. The standard InChI is InChI=1S/C18H27N5O2S.HI/c1-15(8-11-26(3,24)25)22-18(19-2)20-13-16-6-4-7-17(12-16)14-23-10-5-9-21-23;/h4-7,9-10,12,15H,8,11,13-14H2,1-3H3,(H2,19,20,22);1H. The number of aliphatic imine (C=N–C) groups is 1. The zero-order valence-electron chi connectivity index (χ0n) is 15.9. The zero-order chi connectivity index (χ0) is 19.0. The Morgan fingerprint density at radius 3 is 2.67 bits per heavy atom. The quantitative estimate of drug-likeness (QED) is 0.326. The summed E-state index contributed by atoms with van der Waals surface area (Å²) in [6.07, 6.45) is 5.50. The van der Waals surface area contributed by atoms with Gasteiger partial charge in [-0.1, -0.05) is 24.3 Å². The summed E-state index contributed by atoms with van der Waals surface area (Å²) in [4.78, 5) is 4.20. The molecule has 2 rings (SSSR count). The van der Waals surface area contributed by atoms with Gasteiger partial charge >= 0.3 is 0 Å². The monoisotopic (exact) mass is 505 g/mol. The summed E-state index contributed by atoms with van der Waals surface area (Å²) in [5.41, 5.74) is 2.32. The second-order valence-electron chi connectivity index (χ2n) is 6.41. The maximum atomic E-state index is 11.3. The first-order valence-electron chi connectivity index (χ1n) is 8.56. The Bertz CT molecular complexity index is 822. The summed E-state index contributed by atoms with van der Waals surface area (Å²) >= 11 is 0. The van der Waals surface area contributed by atoms with Crippen LogP contribution in [0.2, 0.25) is 0 Å². The first-order valence-corrected chi connectivity index (χ1v) is 10.6. The Hall–Kier alpha value is -1.62. The van der Waals surface area contributed by atoms with Gasteiger partial charge in [-0.05, 0) is 30.5 Å². The third kappa shape index (κ3) is 9.23. The van der Waals surface area contributed by atoms with Crippen LogP contribution in [0.3, 0.4) is 0 Å². The maximum absolute atomic E-state index is 11.3. The average molecular weight is 505 g/mol. The fourth-order valence-corrected chi connectivity index (χ4v) is 3.28. The van der Waals surface area contributed by atoms with E-state index in [-0.39, 0.29) is 35.8 Å². The van der Waals surface area contributed by atoms with Crippen LogP contribution in [0.5, 0.6) is 0 Å². The van der Waals surface area contributed by atoms with E-state index in [1.165, 1.54) is 11.8 Å². The molecule has 0 radical (unpaired) electrons. The highest BCUT2D eigenvalue weighted by atomic mass is 127. The van der Waals surface area contributed by atoms with Crippen LogP contribution in [0.4, 0.5) is 0 Å². The van der Waals surface area contributed by atoms with Crippen LogP contribution in [0.25, 0.3) is 0 Å². The number of rotatable bonds is 8. The lowest BCUT2D eigenvalue weighted by Gasteiger charge is -2.18. The van der Waals surface area contributed by atoms with Gasteiger partial charge in [0.05, 0.1) is 12.3 Å². The minimum atomic E-state index is -2.95. The van der Waals surface area contributed by atoms with Gasteiger partial charge in [-0.2, -0.15) is 5.10 Å². The molecule has 0 spiro atoms. The zero-order valence-corrected chi connectivity index (χ0v) is 19.1. The summed E-state index contributed by atoms with van der Waals surface area (Å²) in [6, 6.07) is 10.2. The largest absolute Gasteiger partial charge is 0.354 e. The first kappa shape index (κ1) is 23.4. The SMILES string of the molecule is CN=C(NCc1cccc(Cn2cccn2)c1)NC(C)CCS(C)(=O)=O.I. The predicted octanol–water partition coefficient (Wildman–Crippen LogP) is 2.04. The Balaban J connectivity index is 0.00000364. The van der Waals surface area contributed by atoms with E-state index in [4.69, 9.17) is 0 Å². The van der Waals surface area contributed by atoms with Crippen molar-refractivity contribution in [1.82, 2.24) is 20.4 Å². The number of nitrogens with one attached hydrogen (secondary N) is 2. The van der Waals surface area contributed by atoms with Crippen LogP contribution in [-0.4, -0.2) is 49.3 Å². The van der Waals surface area contributed by atoms with Crippen LogP contribution in [-0.2, 0) is 22.9 Å². The van der Waals surface area contributed by atoms with Gasteiger partial charge in [0.25, 0.3) is 0 Å². The second kappa shape index (κ2) is 11.3. The van der Waals surface area contributed by atoms with Gasteiger partial charge in [0.2, 0.25) is 0 Å². The molecule has 0 saturated carbocycles. The van der Waals surface area contributed by atoms with Crippen LogP contribution in [0, 0.1) is 0 Å². The molecule has 7 nitrogen and oxygen atoms in total. The van der Waals surface area contributed by atoms with E-state index in [0.717, 1.165) is 12.1 Å². The molecule has 0 amide bonds. The highest BCUT2D eigenvalue weighted by Gasteiger charge is 2.09. The third-order valence-corrected chi connectivity index (χ3v) is 4.86. The number of benzene rings is 1. The van der Waals surface area contributed by atoms with E-state index >= 15 is 0 Å². The van der Waals surface area contributed by atoms with Crippen LogP contribution < -0.4 is 10.6 Å². The summed E-state index contributed by atoms with van der Waals surface area (Å²) < 4.78 is 24.4. The predicted molar refractivity (Wildman–Crippen MR) is 120 cm³/mol. The Kier molecular flexibility index (Phi) is 9.78. The van der Waals surface area contributed by atoms with Crippen LogP contribution >= 0.6 is 24.0 Å². The first-order chi connectivity index (χ1) is 12.4. The molecule has 1 unspecified atom stereocenters. The molecule has 1 atom stereocenters. The number of guanidine groups is 1. The highest BCUT2D eigenvalue weighted by molar-refractivity contribution is 14.0. The van der Waals surface area contributed by atoms with Crippen molar-refractivity contribution in [2.24, 2.45) is 4.99 Å². The molecule has 27 heavy (non-hydrogen) atoms. The van der Waals surface area contributed by atoms with Crippen molar-refractivity contribution in [3.05, 3.63) is 53.9 Å². The fraction of sp³-hybridized carbons (Fsp3) is 0.444. The number of hydrogen-bond acceptors (Lipinski definition) is 4. The van der Waals surface area contributed by atoms with Crippen molar-refractivity contribution >= 4 is 39.8 Å². The molecule has 0 fully saturated rings. The summed E-state index contributed by atoms with van der Waals surface area (Å²) in [5, 5.41) is 10.7. The van der Waals surface area contributed by atoms with Gasteiger partial charge in [-0.3, -0.25) is 9.67 Å². The fourth-order valence-electron chi connectivity index (χ4n) is 2.50. The average Bonchev–Trinajstić information content (AvgIpc) is 3.09. The smallest absolute Gasteiger partial charge is 0.191 e. The third-order valence-electron chi connectivity index (χ3n) is 3.88. The lowest BCUT2D eigenvalue weighted by molar-refractivity contribution is 0.581. The molecule has 2 aromatic rings. The minimum Gasteiger partial charge on any atom is -0.354 e. The minimum absolute atomic E-state index is 0. The van der Waals surface area contributed by atoms with Crippen LogP contribution in [0.15, 0.2) is 47.7 Å². The van der Waals surface area contributed by atoms with Crippen molar-refractivity contribution < 1.29 is 8.42 Å². The van der Waals surface area contributed by atoms with E-state index in [1.54, 1.807) is 13.2 Å². The molecule has 0 bridgehead atoms. The molecule has 0 saturated heterocycles. The van der Waals surface area contributed by atoms with Crippen molar-refractivity contribution in [2.75, 3.05) is 19.1 Å². The Labute approximate surface area is 178 Å². The molecular formula is C18H28IN5O2S. The van der Waals surface area contributed by atoms with Gasteiger partial charge in [0.1, 0.15) is 9.84 Å². The molecule has 0 aliphatic carbocycles. The number of halogens is 1. The molecule has 9 heteroatoms. The molecule has 1 heterocycles. The van der Waals surface area contributed by atoms with Crippen molar-refractivity contribution in [1.29, 1.82) is 0 Å². The van der Waals surface area contributed by atoms with Gasteiger partial charge in [0.15, 0.2) is 5.96 Å². The lowest BCUT2D eigenvalue weighted by Crippen LogP contribution is -2.42. The molecule has 1 aromatic heterocycles. The normalized spacial score (nSPS) is 12.9. The summed E-state index contributed by atoms with van der Waals surface area (Å²) in [7, 11) is -1.25. The maximum Gasteiger partial charge on any atom is 0.191 e. The molecule has 0 aliphatic heterocycles. The van der Waals surface area contributed by atoms with E-state index in [9.17, 15) is 8.42 Å². The molecule has 2 N–H and O–H groups in total. The Morgan fingerprint density at radius 1 is 1.30 bits per heavy atom. The van der Waals surface area contributed by atoms with Gasteiger partial charge in [0, 0.05) is 38.3 Å². The summed E-state index contributed by atoms with van der Waals surface area (Å²) in [5.74, 6) is 0.816. The van der Waals surface area contributed by atoms with Crippen molar-refractivity contribution in [3.63, 3.8) is 0 Å². The number of nitrogens with zero attached hydrogens (tertiary/aromatic N) is 3. The molecule has 1 aromatic carbocycles.